The van der Waals surface area contributed by atoms with Crippen molar-refractivity contribution in [2.24, 2.45) is 5.92 Å². The number of allylic oxidation sites excluding steroid dienone is 1. The molecule has 2 aliphatic rings. The Balaban J connectivity index is 1.90. The van der Waals surface area contributed by atoms with Crippen LogP contribution in [0.5, 0.6) is 0 Å². The average Bonchev–Trinajstić information content (AvgIpc) is 2.64. The van der Waals surface area contributed by atoms with Gasteiger partial charge in [0, 0.05) is 31.4 Å². The highest BCUT2D eigenvalue weighted by Gasteiger charge is 2.52. The van der Waals surface area contributed by atoms with Gasteiger partial charge in [0.15, 0.2) is 0 Å². The fourth-order valence-electron chi connectivity index (χ4n) is 2.45. The van der Waals surface area contributed by atoms with E-state index in [0.717, 1.165) is 38.1 Å². The molecule has 5 nitrogen and oxygen atoms in total. The van der Waals surface area contributed by atoms with Crippen LogP contribution in [0.4, 0.5) is 0 Å². The molecule has 0 saturated carbocycles. The number of rotatable bonds is 5. The molecule has 0 unspecified atom stereocenters. The van der Waals surface area contributed by atoms with E-state index in [1.165, 1.54) is 6.21 Å². The minimum Gasteiger partial charge on any atom is -0.399 e. The predicted octanol–water partition coefficient (Wildman–Crippen LogP) is 2.17. The largest absolute Gasteiger partial charge is 0.497 e. The van der Waals surface area contributed by atoms with Gasteiger partial charge in [-0.2, -0.15) is 0 Å². The van der Waals surface area contributed by atoms with E-state index in [-0.39, 0.29) is 11.2 Å². The van der Waals surface area contributed by atoms with Crippen LogP contribution < -0.4 is 5.32 Å². The van der Waals surface area contributed by atoms with Gasteiger partial charge in [-0.05, 0) is 52.7 Å². The van der Waals surface area contributed by atoms with Gasteiger partial charge >= 0.3 is 7.12 Å². The molecule has 21 heavy (non-hydrogen) atoms. The molecular weight excluding hydrogens is 267 g/mol. The summed E-state index contributed by atoms with van der Waals surface area (Å²) in [6, 6.07) is 0. The van der Waals surface area contributed by atoms with Crippen molar-refractivity contribution in [2.75, 3.05) is 19.8 Å². The van der Waals surface area contributed by atoms with E-state index in [0.29, 0.717) is 5.92 Å². The zero-order chi connectivity index (χ0) is 15.5. The summed E-state index contributed by atoms with van der Waals surface area (Å²) in [5.41, 5.74) is -0.0262. The van der Waals surface area contributed by atoms with Gasteiger partial charge in [-0.3, -0.25) is 0 Å². The SMILES string of the molecule is CC1(C)OB(/C(C=N)=C/NCC2CCOCC2)OC1(C)C. The van der Waals surface area contributed by atoms with Crippen LogP contribution >= 0.6 is 0 Å². The average molecular weight is 294 g/mol. The summed E-state index contributed by atoms with van der Waals surface area (Å²) < 4.78 is 17.3. The van der Waals surface area contributed by atoms with E-state index in [1.54, 1.807) is 0 Å². The second-order valence-electron chi connectivity index (χ2n) is 6.84. The first-order valence-corrected chi connectivity index (χ1v) is 7.73. The lowest BCUT2D eigenvalue weighted by Crippen LogP contribution is -2.41. The maximum absolute atomic E-state index is 7.59. The van der Waals surface area contributed by atoms with Crippen LogP contribution in [-0.2, 0) is 14.0 Å². The molecule has 0 spiro atoms. The smallest absolute Gasteiger partial charge is 0.399 e. The zero-order valence-electron chi connectivity index (χ0n) is 13.6. The summed E-state index contributed by atoms with van der Waals surface area (Å²) in [4.78, 5) is 0. The van der Waals surface area contributed by atoms with Crippen LogP contribution in [0.25, 0.3) is 0 Å². The van der Waals surface area contributed by atoms with Crippen LogP contribution in [0.15, 0.2) is 11.7 Å². The predicted molar refractivity (Wildman–Crippen MR) is 84.5 cm³/mol. The van der Waals surface area contributed by atoms with Crippen LogP contribution in [0.3, 0.4) is 0 Å². The van der Waals surface area contributed by atoms with E-state index in [4.69, 9.17) is 19.5 Å². The first kappa shape index (κ1) is 16.5. The molecule has 0 radical (unpaired) electrons. The molecule has 0 aromatic rings. The lowest BCUT2D eigenvalue weighted by molar-refractivity contribution is 0.00578. The van der Waals surface area contributed by atoms with Crippen LogP contribution in [0, 0.1) is 11.3 Å². The molecule has 118 valence electrons. The summed E-state index contributed by atoms with van der Waals surface area (Å²) in [5.74, 6) is 0.639. The minimum absolute atomic E-state index is 0.375. The fraction of sp³-hybridized carbons (Fsp3) is 0.800. The molecule has 0 aromatic carbocycles. The number of nitrogens with one attached hydrogen (secondary N) is 2. The van der Waals surface area contributed by atoms with E-state index in [1.807, 2.05) is 33.9 Å². The molecule has 2 fully saturated rings. The van der Waals surface area contributed by atoms with Crippen molar-refractivity contribution in [3.63, 3.8) is 0 Å². The molecule has 0 atom stereocenters. The molecular formula is C15H27BN2O3. The quantitative estimate of drug-likeness (QED) is 0.602. The van der Waals surface area contributed by atoms with Gasteiger partial charge in [0.05, 0.1) is 11.2 Å². The Morgan fingerprint density at radius 2 is 1.76 bits per heavy atom. The molecule has 2 rings (SSSR count). The normalized spacial score (nSPS) is 25.9. The third-order valence-electron chi connectivity index (χ3n) is 4.71. The summed E-state index contributed by atoms with van der Waals surface area (Å²) in [7, 11) is -0.477. The van der Waals surface area contributed by atoms with Gasteiger partial charge in [0.2, 0.25) is 0 Å². The molecule has 0 bridgehead atoms. The Morgan fingerprint density at radius 1 is 1.19 bits per heavy atom. The molecule has 2 aliphatic heterocycles. The summed E-state index contributed by atoms with van der Waals surface area (Å²) in [5, 5.41) is 10.9. The highest BCUT2D eigenvalue weighted by atomic mass is 16.7. The van der Waals surface area contributed by atoms with Gasteiger partial charge in [0.25, 0.3) is 0 Å². The third kappa shape index (κ3) is 3.87. The van der Waals surface area contributed by atoms with E-state index < -0.39 is 7.12 Å². The van der Waals surface area contributed by atoms with E-state index in [2.05, 4.69) is 5.32 Å². The standard InChI is InChI=1S/C15H27BN2O3/c1-14(2)15(3,4)21-16(20-14)13(9-17)11-18-10-12-5-7-19-8-6-12/h9,11-12,17-18H,5-8,10H2,1-4H3/b13-11+,17-9?. The van der Waals surface area contributed by atoms with Crippen molar-refractivity contribution in [3.05, 3.63) is 11.7 Å². The van der Waals surface area contributed by atoms with Crippen LogP contribution in [-0.4, -0.2) is 44.3 Å². The summed E-state index contributed by atoms with van der Waals surface area (Å²) in [6.45, 7) is 10.7. The molecule has 0 amide bonds. The molecule has 0 aromatic heterocycles. The van der Waals surface area contributed by atoms with Crippen LogP contribution in [0.2, 0.25) is 0 Å². The monoisotopic (exact) mass is 294 g/mol. The van der Waals surface area contributed by atoms with Crippen molar-refractivity contribution >= 4 is 13.3 Å². The molecule has 0 aliphatic carbocycles. The Bertz CT molecular complexity index is 388. The molecule has 2 N–H and O–H groups in total. The molecule has 6 heteroatoms. The van der Waals surface area contributed by atoms with Gasteiger partial charge in [0.1, 0.15) is 0 Å². The molecule has 2 saturated heterocycles. The Kier molecular flexibility index (Phi) is 5.12. The Hall–Kier alpha value is -0.845. The zero-order valence-corrected chi connectivity index (χ0v) is 13.6. The summed E-state index contributed by atoms with van der Waals surface area (Å²) in [6.07, 6.45) is 5.35. The highest BCUT2D eigenvalue weighted by Crippen LogP contribution is 2.38. The lowest BCUT2D eigenvalue weighted by Gasteiger charge is -2.32. The lowest BCUT2D eigenvalue weighted by atomic mass is 9.79. The fourth-order valence-corrected chi connectivity index (χ4v) is 2.45. The maximum atomic E-state index is 7.59. The second kappa shape index (κ2) is 6.50. The first-order valence-electron chi connectivity index (χ1n) is 7.73. The van der Waals surface area contributed by atoms with Gasteiger partial charge in [-0.25, -0.2) is 0 Å². The minimum atomic E-state index is -0.477. The van der Waals surface area contributed by atoms with E-state index >= 15 is 0 Å². The van der Waals surface area contributed by atoms with Gasteiger partial charge in [-0.1, -0.05) is 0 Å². The molecule has 2 heterocycles. The van der Waals surface area contributed by atoms with Gasteiger partial charge in [-0.15, -0.1) is 0 Å². The Labute approximate surface area is 128 Å². The van der Waals surface area contributed by atoms with Crippen molar-refractivity contribution in [1.82, 2.24) is 5.32 Å². The third-order valence-corrected chi connectivity index (χ3v) is 4.71. The highest BCUT2D eigenvalue weighted by molar-refractivity contribution is 6.60. The second-order valence-corrected chi connectivity index (χ2v) is 6.84. The number of hydrogen-bond donors (Lipinski definition) is 2. The van der Waals surface area contributed by atoms with E-state index in [9.17, 15) is 0 Å². The Morgan fingerprint density at radius 3 is 2.29 bits per heavy atom. The number of hydrogen-bond acceptors (Lipinski definition) is 5. The maximum Gasteiger partial charge on any atom is 0.497 e. The van der Waals surface area contributed by atoms with Crippen molar-refractivity contribution in [2.45, 2.75) is 51.7 Å². The van der Waals surface area contributed by atoms with Gasteiger partial charge < -0.3 is 24.8 Å². The summed E-state index contributed by atoms with van der Waals surface area (Å²) >= 11 is 0. The van der Waals surface area contributed by atoms with Crippen molar-refractivity contribution < 1.29 is 14.0 Å². The van der Waals surface area contributed by atoms with Crippen molar-refractivity contribution in [1.29, 1.82) is 5.41 Å². The van der Waals surface area contributed by atoms with Crippen LogP contribution in [0.1, 0.15) is 40.5 Å². The number of ether oxygens (including phenoxy) is 1. The topological polar surface area (TPSA) is 63.6 Å². The van der Waals surface area contributed by atoms with Crippen molar-refractivity contribution in [3.8, 4) is 0 Å². The first-order chi connectivity index (χ1) is 9.86.